The van der Waals surface area contributed by atoms with Crippen LogP contribution in [-0.2, 0) is 16.6 Å². The summed E-state index contributed by atoms with van der Waals surface area (Å²) in [6.45, 7) is 0.206. The van der Waals surface area contributed by atoms with E-state index in [-0.39, 0.29) is 33.5 Å². The van der Waals surface area contributed by atoms with Crippen LogP contribution >= 0.6 is 12.2 Å². The quantitative estimate of drug-likeness (QED) is 0.217. The van der Waals surface area contributed by atoms with Crippen molar-refractivity contribution in [3.8, 4) is 11.6 Å². The highest BCUT2D eigenvalue weighted by molar-refractivity contribution is 7.89. The highest BCUT2D eigenvalue weighted by Gasteiger charge is 2.31. The third-order valence-corrected chi connectivity index (χ3v) is 6.19. The van der Waals surface area contributed by atoms with E-state index in [0.29, 0.717) is 11.2 Å². The van der Waals surface area contributed by atoms with E-state index in [9.17, 15) is 26.7 Å². The molecule has 0 amide bonds. The molecule has 1 heterocycles. The molecule has 1 aromatic heterocycles. The molecular formula is C23H18F3N5O4S2. The van der Waals surface area contributed by atoms with Gasteiger partial charge in [-0.25, -0.2) is 13.6 Å². The monoisotopic (exact) mass is 549 g/mol. The zero-order valence-electron chi connectivity index (χ0n) is 18.7. The highest BCUT2D eigenvalue weighted by Crippen LogP contribution is 2.41. The molecule has 14 heteroatoms. The maximum Gasteiger partial charge on any atom is 0.573 e. The van der Waals surface area contributed by atoms with E-state index in [2.05, 4.69) is 20.3 Å². The maximum atomic E-state index is 12.8. The summed E-state index contributed by atoms with van der Waals surface area (Å²) >= 11 is 5.14. The van der Waals surface area contributed by atoms with Gasteiger partial charge >= 0.3 is 6.36 Å². The lowest BCUT2D eigenvalue weighted by atomic mass is 10.2. The number of primary sulfonamides is 1. The van der Waals surface area contributed by atoms with E-state index in [1.807, 2.05) is 30.3 Å². The number of nitrogens with zero attached hydrogens (tertiary/aromatic N) is 3. The number of hydrogen-bond donors (Lipinski definition) is 3. The molecule has 0 bridgehead atoms. The Hall–Kier alpha value is -4.01. The predicted octanol–water partition coefficient (Wildman–Crippen LogP) is 5.42. The summed E-state index contributed by atoms with van der Waals surface area (Å²) in [6, 6.07) is 18.1. The molecule has 0 spiro atoms. The number of aromatic hydroxyl groups is 1. The van der Waals surface area contributed by atoms with Gasteiger partial charge in [-0.3, -0.25) is 0 Å². The van der Waals surface area contributed by atoms with Gasteiger partial charge in [0, 0.05) is 11.1 Å². The number of hydrogen-bond acceptors (Lipinski definition) is 6. The minimum absolute atomic E-state index is 0.0985. The summed E-state index contributed by atoms with van der Waals surface area (Å²) < 4.78 is 66.6. The molecule has 37 heavy (non-hydrogen) atoms. The Labute approximate surface area is 214 Å². The number of ether oxygens (including phenoxy) is 1. The Bertz CT molecular complexity index is 1590. The third-order valence-electron chi connectivity index (χ3n) is 5.07. The first-order chi connectivity index (χ1) is 17.4. The fourth-order valence-electron chi connectivity index (χ4n) is 3.50. The fraction of sp³-hybridized carbons (Fsp3) is 0.0870. The van der Waals surface area contributed by atoms with E-state index in [0.717, 1.165) is 17.7 Å². The number of rotatable bonds is 6. The first-order valence-corrected chi connectivity index (χ1v) is 12.4. The maximum absolute atomic E-state index is 12.8. The minimum atomic E-state index is -4.91. The van der Waals surface area contributed by atoms with Gasteiger partial charge in [-0.1, -0.05) is 30.3 Å². The van der Waals surface area contributed by atoms with Crippen LogP contribution in [0.15, 0.2) is 87.9 Å². The Balaban J connectivity index is 1.67. The first-order valence-electron chi connectivity index (χ1n) is 10.4. The van der Waals surface area contributed by atoms with Gasteiger partial charge in [0.15, 0.2) is 5.69 Å². The van der Waals surface area contributed by atoms with Gasteiger partial charge < -0.3 is 19.7 Å². The van der Waals surface area contributed by atoms with Crippen molar-refractivity contribution in [2.45, 2.75) is 17.8 Å². The molecule has 4 N–H and O–H groups in total. The van der Waals surface area contributed by atoms with Crippen LogP contribution in [0.1, 0.15) is 5.56 Å². The van der Waals surface area contributed by atoms with Crippen LogP contribution in [0, 0.1) is 0 Å². The minimum Gasteiger partial charge on any atom is -0.493 e. The van der Waals surface area contributed by atoms with E-state index in [1.54, 1.807) is 0 Å². The molecule has 0 saturated carbocycles. The second-order valence-corrected chi connectivity index (χ2v) is 9.62. The summed E-state index contributed by atoms with van der Waals surface area (Å²) in [7, 11) is -3.87. The number of benzene rings is 3. The highest BCUT2D eigenvalue weighted by atomic mass is 32.2. The van der Waals surface area contributed by atoms with Crippen molar-refractivity contribution in [1.29, 1.82) is 0 Å². The van der Waals surface area contributed by atoms with Gasteiger partial charge in [0.2, 0.25) is 21.0 Å². The second kappa shape index (κ2) is 10.2. The number of azo groups is 1. The van der Waals surface area contributed by atoms with Crippen molar-refractivity contribution in [1.82, 2.24) is 4.57 Å². The number of anilines is 1. The molecule has 4 aromatic rings. The SMILES string of the molecule is NS(=O)(=O)c1ccc(NC(=S)N=Nc2c(O)n(Cc3ccccc3)c3ccc(OC(F)(F)F)cc23)cc1. The molecule has 9 nitrogen and oxygen atoms in total. The van der Waals surface area contributed by atoms with Crippen LogP contribution in [0.2, 0.25) is 0 Å². The molecule has 0 aliphatic carbocycles. The van der Waals surface area contributed by atoms with Gasteiger partial charge in [0.1, 0.15) is 5.75 Å². The predicted molar refractivity (Wildman–Crippen MR) is 134 cm³/mol. The number of sulfonamides is 1. The van der Waals surface area contributed by atoms with Gasteiger partial charge in [-0.15, -0.1) is 23.4 Å². The van der Waals surface area contributed by atoms with Gasteiger partial charge in [0.25, 0.3) is 0 Å². The van der Waals surface area contributed by atoms with Crippen molar-refractivity contribution in [2.75, 3.05) is 5.32 Å². The van der Waals surface area contributed by atoms with Crippen LogP contribution in [0.5, 0.6) is 11.6 Å². The van der Waals surface area contributed by atoms with Crippen molar-refractivity contribution >= 4 is 49.6 Å². The molecule has 0 aliphatic heterocycles. The van der Waals surface area contributed by atoms with E-state index in [1.165, 1.54) is 34.9 Å². The number of alkyl halides is 3. The molecule has 192 valence electrons. The fourth-order valence-corrected chi connectivity index (χ4v) is 4.17. The zero-order valence-corrected chi connectivity index (χ0v) is 20.3. The molecule has 0 aliphatic rings. The smallest absolute Gasteiger partial charge is 0.493 e. The van der Waals surface area contributed by atoms with Crippen LogP contribution in [-0.4, -0.2) is 29.6 Å². The Morgan fingerprint density at radius 3 is 2.38 bits per heavy atom. The molecule has 0 saturated heterocycles. The van der Waals surface area contributed by atoms with E-state index in [4.69, 9.17) is 17.4 Å². The van der Waals surface area contributed by atoms with Crippen molar-refractivity contribution < 1.29 is 31.4 Å². The normalized spacial score (nSPS) is 12.2. The molecule has 0 unspecified atom stereocenters. The second-order valence-electron chi connectivity index (χ2n) is 7.67. The average molecular weight is 550 g/mol. The van der Waals surface area contributed by atoms with Crippen LogP contribution in [0.4, 0.5) is 24.5 Å². The Morgan fingerprint density at radius 2 is 1.76 bits per heavy atom. The van der Waals surface area contributed by atoms with Gasteiger partial charge in [-0.2, -0.15) is 0 Å². The standard InChI is InChI=1S/C23H18F3N5O4S2/c24-23(25,26)35-16-8-11-19-18(12-16)20(21(32)31(19)13-14-4-2-1-3-5-14)29-30-22(36)28-15-6-9-17(10-7-15)37(27,33)34/h1-12,32H,13H2,(H,28,36)(H2,27,33,34). The number of halogens is 3. The number of nitrogens with one attached hydrogen (secondary N) is 1. The number of fused-ring (bicyclic) bond motifs is 1. The summed E-state index contributed by atoms with van der Waals surface area (Å²) in [4.78, 5) is -0.0985. The topological polar surface area (TPSA) is 131 Å². The molecule has 0 fully saturated rings. The van der Waals surface area contributed by atoms with Gasteiger partial charge in [0.05, 0.1) is 17.0 Å². The Kier molecular flexibility index (Phi) is 7.16. The molecule has 0 radical (unpaired) electrons. The third kappa shape index (κ3) is 6.41. The summed E-state index contributed by atoms with van der Waals surface area (Å²) in [5.74, 6) is -0.837. The summed E-state index contributed by atoms with van der Waals surface area (Å²) in [5, 5.41) is 26.6. The van der Waals surface area contributed by atoms with Crippen LogP contribution in [0.3, 0.4) is 0 Å². The number of nitrogens with two attached hydrogens (primary N) is 1. The lowest BCUT2D eigenvalue weighted by molar-refractivity contribution is -0.274. The Morgan fingerprint density at radius 1 is 1.08 bits per heavy atom. The molecule has 0 atom stereocenters. The van der Waals surface area contributed by atoms with Crippen molar-refractivity contribution in [3.63, 3.8) is 0 Å². The first kappa shape index (κ1) is 26.1. The molecule has 3 aromatic carbocycles. The van der Waals surface area contributed by atoms with E-state index < -0.39 is 22.1 Å². The summed E-state index contributed by atoms with van der Waals surface area (Å²) in [5.41, 5.74) is 1.48. The van der Waals surface area contributed by atoms with Crippen LogP contribution < -0.4 is 15.2 Å². The van der Waals surface area contributed by atoms with Crippen LogP contribution in [0.25, 0.3) is 10.9 Å². The van der Waals surface area contributed by atoms with E-state index >= 15 is 0 Å². The molecule has 4 rings (SSSR count). The lowest BCUT2D eigenvalue weighted by Gasteiger charge is -2.09. The number of thiocarbonyl (C=S) groups is 1. The number of aromatic nitrogens is 1. The summed E-state index contributed by atoms with van der Waals surface area (Å²) in [6.07, 6.45) is -4.91. The van der Waals surface area contributed by atoms with Crippen molar-refractivity contribution in [3.05, 3.63) is 78.4 Å². The van der Waals surface area contributed by atoms with Gasteiger partial charge in [-0.05, 0) is 60.2 Å². The van der Waals surface area contributed by atoms with Crippen molar-refractivity contribution in [2.24, 2.45) is 15.4 Å². The lowest BCUT2D eigenvalue weighted by Crippen LogP contribution is -2.17. The average Bonchev–Trinajstić information content (AvgIpc) is 3.07. The largest absolute Gasteiger partial charge is 0.573 e. The zero-order chi connectivity index (χ0) is 26.8. The molecular weight excluding hydrogens is 531 g/mol.